The van der Waals surface area contributed by atoms with E-state index in [2.05, 4.69) is 22.3 Å². The lowest BCUT2D eigenvalue weighted by Gasteiger charge is -2.34. The van der Waals surface area contributed by atoms with Crippen molar-refractivity contribution in [3.63, 3.8) is 0 Å². The van der Waals surface area contributed by atoms with E-state index in [1.54, 1.807) is 36.5 Å². The van der Waals surface area contributed by atoms with Gasteiger partial charge in [0.05, 0.1) is 28.8 Å². The summed E-state index contributed by atoms with van der Waals surface area (Å²) in [5.74, 6) is -1.41. The molecule has 4 aliphatic rings. The molecule has 1 atom stereocenters. The third-order valence-corrected chi connectivity index (χ3v) is 9.61. The van der Waals surface area contributed by atoms with E-state index in [1.165, 1.54) is 12.1 Å². The maximum Gasteiger partial charge on any atom is 0.264 e. The number of allylic oxidation sites excluding steroid dienone is 1. The van der Waals surface area contributed by atoms with Crippen molar-refractivity contribution in [3.8, 4) is 0 Å². The second-order valence-corrected chi connectivity index (χ2v) is 12.6. The van der Waals surface area contributed by atoms with Gasteiger partial charge in [-0.15, -0.1) is 0 Å². The van der Waals surface area contributed by atoms with E-state index in [1.807, 2.05) is 15.8 Å². The Morgan fingerprint density at radius 1 is 1.02 bits per heavy atom. The second-order valence-electron chi connectivity index (χ2n) is 12.6. The number of carbonyl (C=O) groups excluding carboxylic acids is 4. The normalized spacial score (nSPS) is 21.1. The summed E-state index contributed by atoms with van der Waals surface area (Å²) in [6, 6.07) is 10.8. The van der Waals surface area contributed by atoms with Crippen molar-refractivity contribution in [3.05, 3.63) is 95.2 Å². The Kier molecular flexibility index (Phi) is 7.26. The van der Waals surface area contributed by atoms with Crippen LogP contribution >= 0.6 is 0 Å². The molecule has 4 amide bonds. The number of rotatable bonds is 8. The number of benzene rings is 2. The molecule has 0 spiro atoms. The van der Waals surface area contributed by atoms with Crippen molar-refractivity contribution >= 4 is 29.3 Å². The summed E-state index contributed by atoms with van der Waals surface area (Å²) in [5, 5.41) is 10.6. The Hall–Kier alpha value is -4.80. The molecule has 4 heterocycles. The molecule has 1 unspecified atom stereocenters. The fraction of sp³-hybridized carbons (Fsp3) is 0.382. The van der Waals surface area contributed by atoms with E-state index in [4.69, 9.17) is 0 Å². The largest absolute Gasteiger partial charge is 0.380 e. The van der Waals surface area contributed by atoms with Gasteiger partial charge in [-0.2, -0.15) is 5.10 Å². The van der Waals surface area contributed by atoms with Gasteiger partial charge >= 0.3 is 0 Å². The first-order chi connectivity index (χ1) is 21.7. The predicted octanol–water partition coefficient (Wildman–Crippen LogP) is 4.21. The number of fused-ring (bicyclic) bond motifs is 1. The van der Waals surface area contributed by atoms with Gasteiger partial charge in [0.15, 0.2) is 0 Å². The summed E-state index contributed by atoms with van der Waals surface area (Å²) in [6.07, 6.45) is 8.61. The summed E-state index contributed by atoms with van der Waals surface area (Å²) >= 11 is 0. The number of nitrogens with one attached hydrogen (secondary N) is 2. The first kappa shape index (κ1) is 28.9. The van der Waals surface area contributed by atoms with Gasteiger partial charge in [-0.25, -0.2) is 4.39 Å². The van der Waals surface area contributed by atoms with Crippen molar-refractivity contribution in [2.75, 3.05) is 18.4 Å². The van der Waals surface area contributed by atoms with Gasteiger partial charge in [-0.1, -0.05) is 24.8 Å². The molecule has 1 saturated carbocycles. The Bertz CT molecular complexity index is 1700. The molecule has 3 aliphatic heterocycles. The molecule has 1 aliphatic carbocycles. The molecule has 7 rings (SSSR count). The van der Waals surface area contributed by atoms with Crippen LogP contribution in [-0.4, -0.2) is 62.3 Å². The number of halogens is 1. The fourth-order valence-electron chi connectivity index (χ4n) is 6.89. The van der Waals surface area contributed by atoms with Crippen LogP contribution in [0.1, 0.15) is 76.4 Å². The minimum absolute atomic E-state index is 0.168. The zero-order chi connectivity index (χ0) is 31.3. The molecule has 45 heavy (non-hydrogen) atoms. The number of amides is 4. The van der Waals surface area contributed by atoms with Crippen LogP contribution in [0.4, 0.5) is 10.1 Å². The van der Waals surface area contributed by atoms with Crippen LogP contribution in [0.3, 0.4) is 0 Å². The summed E-state index contributed by atoms with van der Waals surface area (Å²) in [5.41, 5.74) is 3.23. The van der Waals surface area contributed by atoms with E-state index in [0.717, 1.165) is 41.7 Å². The first-order valence-electron chi connectivity index (χ1n) is 15.5. The topological polar surface area (TPSA) is 117 Å². The van der Waals surface area contributed by atoms with Crippen molar-refractivity contribution in [2.45, 2.75) is 63.6 Å². The summed E-state index contributed by atoms with van der Waals surface area (Å²) < 4.78 is 15.3. The lowest BCUT2D eigenvalue weighted by Crippen LogP contribution is -2.51. The van der Waals surface area contributed by atoms with Crippen LogP contribution in [0.15, 0.2) is 67.1 Å². The van der Waals surface area contributed by atoms with Gasteiger partial charge in [0.2, 0.25) is 11.8 Å². The molecular formula is C34H35FN6O4. The van der Waals surface area contributed by atoms with E-state index in [-0.39, 0.29) is 34.3 Å². The van der Waals surface area contributed by atoms with Crippen LogP contribution in [0, 0.1) is 11.2 Å². The number of nitrogens with zero attached hydrogens (tertiary/aromatic N) is 4. The third-order valence-electron chi connectivity index (χ3n) is 9.61. The van der Waals surface area contributed by atoms with Gasteiger partial charge in [0, 0.05) is 42.8 Å². The number of likely N-dealkylation sites (tertiary alicyclic amines) is 1. The minimum atomic E-state index is -0.861. The molecule has 232 valence electrons. The van der Waals surface area contributed by atoms with Crippen molar-refractivity contribution in [1.82, 2.24) is 24.9 Å². The van der Waals surface area contributed by atoms with Crippen LogP contribution in [0.25, 0.3) is 0 Å². The Balaban J connectivity index is 0.955. The van der Waals surface area contributed by atoms with Crippen LogP contribution in [-0.2, 0) is 22.6 Å². The first-order valence-corrected chi connectivity index (χ1v) is 15.5. The second kappa shape index (κ2) is 11.3. The number of anilines is 1. The summed E-state index contributed by atoms with van der Waals surface area (Å²) in [7, 11) is 0. The maximum atomic E-state index is 13.4. The average molecular weight is 611 g/mol. The number of hydrogen-bond donors (Lipinski definition) is 2. The van der Waals surface area contributed by atoms with E-state index >= 15 is 0 Å². The highest BCUT2D eigenvalue weighted by Gasteiger charge is 2.51. The third kappa shape index (κ3) is 5.40. The molecule has 11 heteroatoms. The number of imide groups is 1. The maximum absolute atomic E-state index is 13.4. The Labute approximate surface area is 260 Å². The summed E-state index contributed by atoms with van der Waals surface area (Å²) in [4.78, 5) is 55.6. The standard InChI is InChI=1S/C34H35FN6O4/c1-21-5-10-28(30(42)38-21)41-31(43)26-3-2-4-27(29(26)32(41)44)36-18-23-19-37-40(20-23)25-11-15-39(16-12-25)33(45)34(13-14-34)17-22-6-8-24(35)9-7-22/h2-4,6-9,19-20,25,28,36H,1,5,10-18H2,(H,38,42). The average Bonchev–Trinajstić information content (AvgIpc) is 3.58. The number of piperidine rings is 2. The molecular weight excluding hydrogens is 575 g/mol. The molecule has 1 aromatic heterocycles. The van der Waals surface area contributed by atoms with Crippen molar-refractivity contribution < 1.29 is 23.6 Å². The zero-order valence-electron chi connectivity index (χ0n) is 24.9. The smallest absolute Gasteiger partial charge is 0.264 e. The lowest BCUT2D eigenvalue weighted by molar-refractivity contribution is -0.138. The van der Waals surface area contributed by atoms with Gasteiger partial charge in [0.1, 0.15) is 11.9 Å². The van der Waals surface area contributed by atoms with E-state index in [9.17, 15) is 23.6 Å². The van der Waals surface area contributed by atoms with Crippen LogP contribution in [0.2, 0.25) is 0 Å². The monoisotopic (exact) mass is 610 g/mol. The van der Waals surface area contributed by atoms with Gasteiger partial charge in [-0.05, 0) is 74.8 Å². The predicted molar refractivity (Wildman–Crippen MR) is 163 cm³/mol. The molecule has 10 nitrogen and oxygen atoms in total. The molecule has 3 fully saturated rings. The molecule has 2 saturated heterocycles. The Morgan fingerprint density at radius 3 is 2.49 bits per heavy atom. The number of aromatic nitrogens is 2. The minimum Gasteiger partial charge on any atom is -0.380 e. The van der Waals surface area contributed by atoms with Crippen molar-refractivity contribution in [2.24, 2.45) is 5.41 Å². The van der Waals surface area contributed by atoms with E-state index in [0.29, 0.717) is 50.3 Å². The Morgan fingerprint density at radius 2 is 1.78 bits per heavy atom. The number of carbonyl (C=O) groups is 4. The zero-order valence-corrected chi connectivity index (χ0v) is 24.9. The molecule has 0 radical (unpaired) electrons. The van der Waals surface area contributed by atoms with Crippen LogP contribution < -0.4 is 10.6 Å². The van der Waals surface area contributed by atoms with Gasteiger partial charge in [-0.3, -0.25) is 28.8 Å². The van der Waals surface area contributed by atoms with E-state index < -0.39 is 23.8 Å². The highest BCUT2D eigenvalue weighted by atomic mass is 19.1. The highest BCUT2D eigenvalue weighted by molar-refractivity contribution is 6.25. The van der Waals surface area contributed by atoms with Crippen LogP contribution in [0.5, 0.6) is 0 Å². The quantitative estimate of drug-likeness (QED) is 0.369. The summed E-state index contributed by atoms with van der Waals surface area (Å²) in [6.45, 7) is 5.50. The molecule has 2 aromatic carbocycles. The molecule has 2 N–H and O–H groups in total. The van der Waals surface area contributed by atoms with Gasteiger partial charge < -0.3 is 15.5 Å². The number of hydrogen-bond acceptors (Lipinski definition) is 6. The lowest BCUT2D eigenvalue weighted by atomic mass is 9.93. The molecule has 0 bridgehead atoms. The van der Waals surface area contributed by atoms with Crippen molar-refractivity contribution in [1.29, 1.82) is 0 Å². The SMILES string of the molecule is C=C1CCC(N2C(=O)c3cccc(NCc4cnn(C5CCN(C(=O)C6(Cc7ccc(F)cc7)CC6)CC5)c4)c3C2=O)C(=O)N1. The fourth-order valence-corrected chi connectivity index (χ4v) is 6.89. The molecule has 3 aromatic rings. The van der Waals surface area contributed by atoms with Gasteiger partial charge in [0.25, 0.3) is 11.8 Å². The highest BCUT2D eigenvalue weighted by Crippen LogP contribution is 2.50.